The fourth-order valence-corrected chi connectivity index (χ4v) is 4.18. The summed E-state index contributed by atoms with van der Waals surface area (Å²) in [6.45, 7) is 0. The monoisotopic (exact) mass is 418 g/mol. The summed E-state index contributed by atoms with van der Waals surface area (Å²) in [6.07, 6.45) is 0. The number of imide groups is 1. The van der Waals surface area contributed by atoms with Crippen molar-refractivity contribution in [3.05, 3.63) is 83.9 Å². The molecule has 0 fully saturated rings. The van der Waals surface area contributed by atoms with Crippen molar-refractivity contribution in [2.45, 2.75) is 0 Å². The minimum atomic E-state index is -0.514. The number of benzene rings is 3. The van der Waals surface area contributed by atoms with Crippen LogP contribution in [0.1, 0.15) is 15.9 Å². The van der Waals surface area contributed by atoms with Gasteiger partial charge in [-0.3, -0.25) is 19.2 Å². The van der Waals surface area contributed by atoms with Gasteiger partial charge in [-0.2, -0.15) is 9.39 Å². The Morgan fingerprint density at radius 2 is 1.69 bits per heavy atom. The number of fused-ring (bicyclic) bond motifs is 1. The van der Waals surface area contributed by atoms with Crippen LogP contribution >= 0.6 is 24.1 Å². The van der Waals surface area contributed by atoms with E-state index in [0.29, 0.717) is 11.1 Å². The number of nitrogens with zero attached hydrogens (tertiary/aromatic N) is 2. The van der Waals surface area contributed by atoms with Gasteiger partial charge in [0.15, 0.2) is 0 Å². The third-order valence-corrected chi connectivity index (χ3v) is 5.71. The molecule has 8 heteroatoms. The van der Waals surface area contributed by atoms with Gasteiger partial charge in [-0.1, -0.05) is 42.5 Å². The Morgan fingerprint density at radius 3 is 2.41 bits per heavy atom. The smallest absolute Gasteiger partial charge is 0.282 e. The van der Waals surface area contributed by atoms with E-state index in [2.05, 4.69) is 27.6 Å². The van der Waals surface area contributed by atoms with Crippen molar-refractivity contribution in [2.75, 3.05) is 4.31 Å². The van der Waals surface area contributed by atoms with Gasteiger partial charge in [-0.05, 0) is 35.9 Å². The van der Waals surface area contributed by atoms with Crippen LogP contribution in [0.2, 0.25) is 0 Å². The van der Waals surface area contributed by atoms with Crippen LogP contribution in [0.25, 0.3) is 11.1 Å². The summed E-state index contributed by atoms with van der Waals surface area (Å²) >= 11 is 2.07. The Hall–Kier alpha value is -3.25. The molecule has 29 heavy (non-hydrogen) atoms. The lowest BCUT2D eigenvalue weighted by molar-refractivity contribution is 0.0969. The molecule has 0 aromatic heterocycles. The first kappa shape index (κ1) is 19.1. The lowest BCUT2D eigenvalue weighted by Gasteiger charge is -2.06. The van der Waals surface area contributed by atoms with Crippen LogP contribution in [-0.2, 0) is 0 Å². The highest BCUT2D eigenvalue weighted by Crippen LogP contribution is 2.57. The number of carbonyl (C=O) groups excluding carboxylic acids is 2. The van der Waals surface area contributed by atoms with Crippen LogP contribution in [0, 0.1) is 11.3 Å². The third-order valence-electron chi connectivity index (χ3n) is 4.23. The highest BCUT2D eigenvalue weighted by molar-refractivity contribution is 8.21. The number of nitriles is 1. The summed E-state index contributed by atoms with van der Waals surface area (Å²) in [5.74, 6) is -0.514. The van der Waals surface area contributed by atoms with Crippen molar-refractivity contribution >= 4 is 46.6 Å². The van der Waals surface area contributed by atoms with Crippen molar-refractivity contribution < 1.29 is 9.59 Å². The number of nitrogens with one attached hydrogen (secondary N) is 2. The molecule has 3 aromatic rings. The summed E-state index contributed by atoms with van der Waals surface area (Å²) in [5.41, 5.74) is 5.21. The molecule has 6 nitrogen and oxygen atoms in total. The van der Waals surface area contributed by atoms with Crippen LogP contribution in [0.15, 0.2) is 72.8 Å². The molecule has 4 rings (SSSR count). The molecule has 0 aliphatic carbocycles. The van der Waals surface area contributed by atoms with Gasteiger partial charge in [0.25, 0.3) is 5.91 Å². The molecule has 0 bridgehead atoms. The van der Waals surface area contributed by atoms with Crippen molar-refractivity contribution in [2.24, 2.45) is 0 Å². The van der Waals surface area contributed by atoms with Crippen LogP contribution in [-0.4, -0.2) is 11.1 Å². The highest BCUT2D eigenvalue weighted by Gasteiger charge is 2.33. The van der Waals surface area contributed by atoms with E-state index in [1.54, 1.807) is 0 Å². The molecule has 2 amide bonds. The largest absolute Gasteiger partial charge is 0.301 e. The van der Waals surface area contributed by atoms with Gasteiger partial charge in [-0.15, -0.1) is 0 Å². The molecule has 0 atom stereocenters. The molecule has 1 heterocycles. The molecule has 0 unspecified atom stereocenters. The zero-order chi connectivity index (χ0) is 20.2. The molecule has 0 saturated heterocycles. The minimum absolute atomic E-state index is 0.316. The molecule has 2 N–H and O–H groups in total. The summed E-state index contributed by atoms with van der Waals surface area (Å²) in [4.78, 5) is 24.1. The molecule has 0 spiro atoms. The van der Waals surface area contributed by atoms with Crippen LogP contribution in [0.5, 0.6) is 0 Å². The van der Waals surface area contributed by atoms with Gasteiger partial charge in [0.2, 0.25) is 0 Å². The number of carbonyl (C=O) groups is 2. The molecule has 142 valence electrons. The summed E-state index contributed by atoms with van der Waals surface area (Å²) in [5, 5.41) is 10.6. The second-order valence-electron chi connectivity index (χ2n) is 6.04. The number of rotatable bonds is 5. The number of hydrogen-bond acceptors (Lipinski definition) is 7. The normalized spacial score (nSPS) is 11.3. The Bertz CT molecular complexity index is 1110. The summed E-state index contributed by atoms with van der Waals surface area (Å²) in [7, 11) is 0. The van der Waals surface area contributed by atoms with Crippen molar-refractivity contribution in [1.29, 1.82) is 5.26 Å². The molecular weight excluding hydrogens is 404 g/mol. The maximum atomic E-state index is 12.1. The number of para-hydroxylation sites is 1. The second kappa shape index (κ2) is 8.41. The molecule has 0 radical (unpaired) electrons. The molecule has 1 aliphatic rings. The average molecular weight is 419 g/mol. The topological polar surface area (TPSA) is 85.0 Å². The van der Waals surface area contributed by atoms with E-state index in [-0.39, 0.29) is 0 Å². The quantitative estimate of drug-likeness (QED) is 0.444. The molecule has 0 saturated carbocycles. The maximum Gasteiger partial charge on any atom is 0.301 e. The van der Waals surface area contributed by atoms with E-state index >= 15 is 0 Å². The fourth-order valence-electron chi connectivity index (χ4n) is 2.80. The number of anilines is 2. The molecular formula is C21H14N4O2S2. The Morgan fingerprint density at radius 1 is 0.931 bits per heavy atom. The number of amides is 2. The fraction of sp³-hybridized carbons (Fsp3) is 0. The van der Waals surface area contributed by atoms with E-state index in [9.17, 15) is 9.59 Å². The van der Waals surface area contributed by atoms with Gasteiger partial charge < -0.3 is 0 Å². The van der Waals surface area contributed by atoms with Crippen molar-refractivity contribution in [1.82, 2.24) is 9.44 Å². The first-order valence-corrected chi connectivity index (χ1v) is 10.2. The van der Waals surface area contributed by atoms with Crippen LogP contribution in [0.3, 0.4) is 0 Å². The SMILES string of the molecule is N#Cc1ccc(C(=O)NC(=O)SNSN2c3cccc(-c4ccccc4)c32)cc1. The maximum absolute atomic E-state index is 12.1. The van der Waals surface area contributed by atoms with Crippen LogP contribution in [0.4, 0.5) is 16.2 Å². The Balaban J connectivity index is 1.28. The lowest BCUT2D eigenvalue weighted by atomic mass is 10.1. The molecule has 3 aromatic carbocycles. The van der Waals surface area contributed by atoms with Crippen LogP contribution < -0.4 is 13.7 Å². The summed E-state index contributed by atoms with van der Waals surface area (Å²) in [6, 6.07) is 24.2. The predicted molar refractivity (Wildman–Crippen MR) is 116 cm³/mol. The van der Waals surface area contributed by atoms with E-state index in [0.717, 1.165) is 34.4 Å². The Labute approximate surface area is 176 Å². The zero-order valence-corrected chi connectivity index (χ0v) is 16.6. The van der Waals surface area contributed by atoms with Crippen molar-refractivity contribution in [3.63, 3.8) is 0 Å². The van der Waals surface area contributed by atoms with Gasteiger partial charge in [0.05, 0.1) is 35.1 Å². The minimum Gasteiger partial charge on any atom is -0.282 e. The standard InChI is InChI=1S/C21H14N4O2S2/c22-13-14-9-11-16(12-10-14)20(26)23-21(27)28-24-29-25-18-8-4-7-17(19(18)25)15-5-2-1-3-6-15/h1-12,24H,(H,23,26,27). The lowest BCUT2D eigenvalue weighted by Crippen LogP contribution is -2.28. The van der Waals surface area contributed by atoms with E-state index in [1.165, 1.54) is 36.4 Å². The average Bonchev–Trinajstić information content (AvgIpc) is 3.47. The van der Waals surface area contributed by atoms with Gasteiger partial charge in [0.1, 0.15) is 0 Å². The zero-order valence-electron chi connectivity index (χ0n) is 15.0. The third kappa shape index (κ3) is 4.27. The predicted octanol–water partition coefficient (Wildman–Crippen LogP) is 5.03. The van der Waals surface area contributed by atoms with E-state index in [1.807, 2.05) is 40.7 Å². The first-order valence-electron chi connectivity index (χ1n) is 8.60. The van der Waals surface area contributed by atoms with Gasteiger partial charge in [-0.25, -0.2) is 0 Å². The van der Waals surface area contributed by atoms with Crippen molar-refractivity contribution in [3.8, 4) is 17.2 Å². The summed E-state index contributed by atoms with van der Waals surface area (Å²) < 4.78 is 4.89. The molecule has 1 aliphatic heterocycles. The first-order chi connectivity index (χ1) is 14.2. The van der Waals surface area contributed by atoms with Gasteiger partial charge in [0, 0.05) is 23.1 Å². The van der Waals surface area contributed by atoms with E-state index in [4.69, 9.17) is 5.26 Å². The number of hydrogen-bond donors (Lipinski definition) is 2. The Kier molecular flexibility index (Phi) is 5.53. The van der Waals surface area contributed by atoms with Gasteiger partial charge >= 0.3 is 5.24 Å². The second-order valence-corrected chi connectivity index (χ2v) is 7.83. The highest BCUT2D eigenvalue weighted by atomic mass is 32.2. The van der Waals surface area contributed by atoms with E-state index < -0.39 is 11.1 Å².